The molecule has 0 bridgehead atoms. The summed E-state index contributed by atoms with van der Waals surface area (Å²) in [6.07, 6.45) is -0.590. The number of nitrogens with two attached hydrogens (primary N) is 1. The van der Waals surface area contributed by atoms with Crippen molar-refractivity contribution in [2.45, 2.75) is 64.9 Å². The molecule has 4 N–H and O–H groups in total. The lowest BCUT2D eigenvalue weighted by Crippen LogP contribution is -2.28. The molecule has 5 rings (SSSR count). The van der Waals surface area contributed by atoms with Crippen molar-refractivity contribution in [2.24, 2.45) is 5.92 Å². The van der Waals surface area contributed by atoms with Gasteiger partial charge in [0, 0.05) is 22.8 Å². The molecule has 1 aliphatic heterocycles. The predicted molar refractivity (Wildman–Crippen MR) is 162 cm³/mol. The van der Waals surface area contributed by atoms with Crippen molar-refractivity contribution in [1.82, 2.24) is 30.1 Å². The lowest BCUT2D eigenvalue weighted by molar-refractivity contribution is -0.206. The summed E-state index contributed by atoms with van der Waals surface area (Å²) in [5.41, 5.74) is 6.44. The number of anilines is 1. The standard InChI is InChI=1S/C14H13F3N4O2S.C8H12N2O.C7H15N/c1-19-5-8-20-13(21-23-8)11-9(12(22)14(15,16)17)6-3-2-4-7(18)10(6)24-11;1-8(2,3)10-5-7(6-11)4-9-10;1-7-3-5-8(2)6-4-7/h2-4,12,19,22H,5,18H2,1H3;4-6H,1-3H3;7H,3-6H2,1-2H3. The van der Waals surface area contributed by atoms with E-state index in [2.05, 4.69) is 39.4 Å². The number of benzene rings is 1. The van der Waals surface area contributed by atoms with E-state index in [0.717, 1.165) is 23.5 Å². The lowest BCUT2D eigenvalue weighted by atomic mass is 10.00. The largest absolute Gasteiger partial charge is 0.418 e. The highest BCUT2D eigenvalue weighted by Gasteiger charge is 2.43. The summed E-state index contributed by atoms with van der Waals surface area (Å²) >= 11 is 0.989. The molecule has 10 nitrogen and oxygen atoms in total. The number of nitrogen functional groups attached to an aromatic ring is 1. The number of carbonyl (C=O) groups excluding carboxylic acids is 1. The quantitative estimate of drug-likeness (QED) is 0.190. The number of aromatic nitrogens is 4. The SMILES string of the molecule is CC(C)(C)n1cc(C=O)cn1.CC1CCN(C)CC1.CNCc1nc(-c2sc3c(N)cccc3c2C(O)C(F)(F)F)no1. The smallest absolute Gasteiger partial charge is 0.398 e. The molecule has 1 aliphatic rings. The highest BCUT2D eigenvalue weighted by Crippen LogP contribution is 2.47. The van der Waals surface area contributed by atoms with Crippen molar-refractivity contribution >= 4 is 33.4 Å². The maximum atomic E-state index is 13.1. The maximum Gasteiger partial charge on any atom is 0.418 e. The summed E-state index contributed by atoms with van der Waals surface area (Å²) in [7, 11) is 3.87. The van der Waals surface area contributed by atoms with Crippen LogP contribution in [0.2, 0.25) is 0 Å². The van der Waals surface area contributed by atoms with E-state index < -0.39 is 12.3 Å². The van der Waals surface area contributed by atoms with E-state index in [0.29, 0.717) is 16.0 Å². The number of piperidine rings is 1. The van der Waals surface area contributed by atoms with E-state index in [1.807, 2.05) is 20.8 Å². The van der Waals surface area contributed by atoms with Crippen LogP contribution in [0.4, 0.5) is 18.9 Å². The number of fused-ring (bicyclic) bond motifs is 1. The zero-order valence-electron chi connectivity index (χ0n) is 25.3. The number of nitrogens with zero attached hydrogens (tertiary/aromatic N) is 5. The number of nitrogens with one attached hydrogen (secondary N) is 1. The molecule has 43 heavy (non-hydrogen) atoms. The van der Waals surface area contributed by atoms with E-state index in [9.17, 15) is 23.1 Å². The number of carbonyl (C=O) groups is 1. The molecule has 0 amide bonds. The Bertz CT molecular complexity index is 1460. The van der Waals surface area contributed by atoms with E-state index in [-0.39, 0.29) is 39.6 Å². The summed E-state index contributed by atoms with van der Waals surface area (Å²) in [5, 5.41) is 20.6. The Morgan fingerprint density at radius 1 is 1.26 bits per heavy atom. The number of halogens is 3. The topological polar surface area (TPSA) is 135 Å². The maximum absolute atomic E-state index is 13.1. The van der Waals surface area contributed by atoms with Crippen LogP contribution in [0.15, 0.2) is 35.1 Å². The third-order valence-corrected chi connectivity index (χ3v) is 8.07. The van der Waals surface area contributed by atoms with Crippen LogP contribution in [0, 0.1) is 5.92 Å². The van der Waals surface area contributed by atoms with Gasteiger partial charge in [-0.3, -0.25) is 9.48 Å². The second kappa shape index (κ2) is 14.4. The van der Waals surface area contributed by atoms with Gasteiger partial charge in [-0.25, -0.2) is 0 Å². The average Bonchev–Trinajstić information content (AvgIpc) is 3.69. The van der Waals surface area contributed by atoms with Gasteiger partial charge in [0.25, 0.3) is 0 Å². The Morgan fingerprint density at radius 2 is 1.93 bits per heavy atom. The second-order valence-corrected chi connectivity index (χ2v) is 12.6. The molecular formula is C29H40F3N7O3S. The third kappa shape index (κ3) is 9.08. The minimum Gasteiger partial charge on any atom is -0.398 e. The molecule has 0 saturated carbocycles. The number of likely N-dealkylation sites (tertiary alicyclic amines) is 1. The van der Waals surface area contributed by atoms with Crippen LogP contribution in [-0.4, -0.2) is 69.6 Å². The van der Waals surface area contributed by atoms with Gasteiger partial charge in [-0.15, -0.1) is 11.3 Å². The minimum atomic E-state index is -4.83. The van der Waals surface area contributed by atoms with E-state index in [1.165, 1.54) is 38.1 Å². The molecule has 1 saturated heterocycles. The number of aliphatic hydroxyl groups is 1. The van der Waals surface area contributed by atoms with Gasteiger partial charge in [-0.2, -0.15) is 23.3 Å². The number of aldehydes is 1. The van der Waals surface area contributed by atoms with Gasteiger partial charge in [0.2, 0.25) is 11.7 Å². The molecule has 1 unspecified atom stereocenters. The first-order chi connectivity index (χ1) is 20.1. The van der Waals surface area contributed by atoms with Crippen molar-refractivity contribution in [3.05, 3.63) is 47.6 Å². The molecule has 0 spiro atoms. The van der Waals surface area contributed by atoms with Gasteiger partial charge < -0.3 is 25.6 Å². The highest BCUT2D eigenvalue weighted by molar-refractivity contribution is 7.23. The Labute approximate surface area is 253 Å². The second-order valence-electron chi connectivity index (χ2n) is 11.5. The van der Waals surface area contributed by atoms with Crippen LogP contribution in [0.3, 0.4) is 0 Å². The van der Waals surface area contributed by atoms with E-state index >= 15 is 0 Å². The van der Waals surface area contributed by atoms with Crippen LogP contribution in [0.1, 0.15) is 68.5 Å². The molecule has 1 fully saturated rings. The van der Waals surface area contributed by atoms with Gasteiger partial charge in [0.15, 0.2) is 12.4 Å². The summed E-state index contributed by atoms with van der Waals surface area (Å²) < 4.78 is 46.5. The first-order valence-electron chi connectivity index (χ1n) is 13.9. The lowest BCUT2D eigenvalue weighted by Gasteiger charge is -2.26. The van der Waals surface area contributed by atoms with Crippen molar-refractivity contribution in [3.63, 3.8) is 0 Å². The fourth-order valence-corrected chi connectivity index (χ4v) is 5.42. The molecule has 236 valence electrons. The average molecular weight is 624 g/mol. The van der Waals surface area contributed by atoms with Crippen molar-refractivity contribution in [1.29, 1.82) is 0 Å². The number of aliphatic hydroxyl groups excluding tert-OH is 1. The van der Waals surface area contributed by atoms with Crippen molar-refractivity contribution < 1.29 is 27.6 Å². The fraction of sp³-hybridized carbons (Fsp3) is 0.517. The molecule has 1 aromatic carbocycles. The number of hydrogen-bond acceptors (Lipinski definition) is 10. The first-order valence-corrected chi connectivity index (χ1v) is 14.7. The van der Waals surface area contributed by atoms with E-state index in [4.69, 9.17) is 10.3 Å². The molecule has 0 aliphatic carbocycles. The van der Waals surface area contributed by atoms with Crippen LogP contribution < -0.4 is 11.1 Å². The third-order valence-electron chi connectivity index (χ3n) is 6.80. The fourth-order valence-electron chi connectivity index (χ4n) is 4.23. The molecule has 4 heterocycles. The number of alkyl halides is 3. The van der Waals surface area contributed by atoms with Gasteiger partial charge in [0.1, 0.15) is 0 Å². The Morgan fingerprint density at radius 3 is 2.44 bits per heavy atom. The first kappa shape index (κ1) is 34.2. The Balaban J connectivity index is 0.000000218. The molecule has 3 aromatic heterocycles. The monoisotopic (exact) mass is 623 g/mol. The molecule has 4 aromatic rings. The summed E-state index contributed by atoms with van der Waals surface area (Å²) in [6.45, 7) is 11.3. The van der Waals surface area contributed by atoms with Gasteiger partial charge in [-0.05, 0) is 72.8 Å². The highest BCUT2D eigenvalue weighted by atomic mass is 32.1. The molecule has 0 radical (unpaired) electrons. The molecule has 1 atom stereocenters. The van der Waals surface area contributed by atoms with Gasteiger partial charge in [-0.1, -0.05) is 24.2 Å². The van der Waals surface area contributed by atoms with Crippen LogP contribution in [0.5, 0.6) is 0 Å². The number of rotatable bonds is 5. The van der Waals surface area contributed by atoms with Crippen LogP contribution in [0.25, 0.3) is 20.8 Å². The van der Waals surface area contributed by atoms with E-state index in [1.54, 1.807) is 30.2 Å². The number of thiophene rings is 1. The van der Waals surface area contributed by atoms with Crippen LogP contribution >= 0.6 is 11.3 Å². The Kier molecular flexibility index (Phi) is 11.5. The van der Waals surface area contributed by atoms with Crippen molar-refractivity contribution in [3.8, 4) is 10.7 Å². The molecule has 14 heteroatoms. The van der Waals surface area contributed by atoms with Crippen molar-refractivity contribution in [2.75, 3.05) is 32.9 Å². The predicted octanol–water partition coefficient (Wildman–Crippen LogP) is 5.65. The number of hydrogen-bond donors (Lipinski definition) is 3. The Hall–Kier alpha value is -3.33. The summed E-state index contributed by atoms with van der Waals surface area (Å²) in [5.74, 6) is 1.19. The van der Waals surface area contributed by atoms with Gasteiger partial charge >= 0.3 is 6.18 Å². The summed E-state index contributed by atoms with van der Waals surface area (Å²) in [6, 6.07) is 4.59. The zero-order valence-corrected chi connectivity index (χ0v) is 26.1. The zero-order chi connectivity index (χ0) is 31.9. The van der Waals surface area contributed by atoms with Crippen LogP contribution in [-0.2, 0) is 12.1 Å². The minimum absolute atomic E-state index is 0.0147. The molecular weight excluding hydrogens is 583 g/mol. The van der Waals surface area contributed by atoms with Gasteiger partial charge in [0.05, 0.1) is 33.4 Å². The summed E-state index contributed by atoms with van der Waals surface area (Å²) in [4.78, 5) is 16.8. The normalized spacial score (nSPS) is 15.4.